The molecule has 17 heavy (non-hydrogen) atoms. The summed E-state index contributed by atoms with van der Waals surface area (Å²) in [5, 5.41) is 8.76. The minimum Gasteiger partial charge on any atom is -0.248 e. The molecule has 5 heteroatoms. The van der Waals surface area contributed by atoms with Crippen LogP contribution in [0.1, 0.15) is 30.0 Å². The Hall–Kier alpha value is -1.06. The monoisotopic (exact) mass is 269 g/mol. The zero-order valence-corrected chi connectivity index (χ0v) is 11.0. The molecule has 0 fully saturated rings. The van der Waals surface area contributed by atoms with E-state index in [1.165, 1.54) is 0 Å². The minimum absolute atomic E-state index is 0.0666. The summed E-state index contributed by atoms with van der Waals surface area (Å²) in [6, 6.07) is 7.70. The van der Waals surface area contributed by atoms with Crippen LogP contribution in [0.2, 0.25) is 5.02 Å². The van der Waals surface area contributed by atoms with E-state index in [4.69, 9.17) is 23.2 Å². The molecule has 1 unspecified atom stereocenters. The summed E-state index contributed by atoms with van der Waals surface area (Å²) in [7, 11) is 0. The second-order valence-corrected chi connectivity index (χ2v) is 4.81. The lowest BCUT2D eigenvalue weighted by Crippen LogP contribution is -2.00. The van der Waals surface area contributed by atoms with E-state index in [2.05, 4.69) is 10.3 Å². The molecule has 0 aliphatic heterocycles. The number of aromatic nitrogens is 3. The highest BCUT2D eigenvalue weighted by Crippen LogP contribution is 2.21. The molecule has 0 saturated heterocycles. The van der Waals surface area contributed by atoms with Crippen LogP contribution in [0.15, 0.2) is 30.5 Å². The highest BCUT2D eigenvalue weighted by atomic mass is 35.5. The summed E-state index contributed by atoms with van der Waals surface area (Å²) in [6.07, 6.45) is 2.72. The summed E-state index contributed by atoms with van der Waals surface area (Å²) < 4.78 is 1.77. The molecule has 1 heterocycles. The molecule has 0 N–H and O–H groups in total. The third-order valence-corrected chi connectivity index (χ3v) is 3.24. The molecular formula is C12H13Cl2N3. The topological polar surface area (TPSA) is 30.7 Å². The SMILES string of the molecule is CCC(Cl)c1cn(Cc2cccc(Cl)c2)nn1. The number of benzene rings is 1. The minimum atomic E-state index is -0.0666. The van der Waals surface area contributed by atoms with Gasteiger partial charge in [0.25, 0.3) is 0 Å². The van der Waals surface area contributed by atoms with Crippen molar-refractivity contribution in [1.29, 1.82) is 0 Å². The molecule has 2 rings (SSSR count). The lowest BCUT2D eigenvalue weighted by atomic mass is 10.2. The van der Waals surface area contributed by atoms with Crippen LogP contribution in [-0.4, -0.2) is 15.0 Å². The van der Waals surface area contributed by atoms with Gasteiger partial charge in [-0.2, -0.15) is 0 Å². The third kappa shape index (κ3) is 3.20. The highest BCUT2D eigenvalue weighted by Gasteiger charge is 2.09. The fourth-order valence-corrected chi connectivity index (χ4v) is 1.88. The van der Waals surface area contributed by atoms with Crippen molar-refractivity contribution >= 4 is 23.2 Å². The van der Waals surface area contributed by atoms with Gasteiger partial charge in [-0.05, 0) is 24.1 Å². The summed E-state index contributed by atoms with van der Waals surface area (Å²) in [5.41, 5.74) is 1.91. The quantitative estimate of drug-likeness (QED) is 0.793. The molecule has 0 bridgehead atoms. The van der Waals surface area contributed by atoms with Crippen molar-refractivity contribution in [3.63, 3.8) is 0 Å². The Bertz CT molecular complexity index is 496. The van der Waals surface area contributed by atoms with Crippen LogP contribution in [0.5, 0.6) is 0 Å². The van der Waals surface area contributed by atoms with Crippen molar-refractivity contribution in [3.8, 4) is 0 Å². The maximum Gasteiger partial charge on any atom is 0.101 e. The molecule has 0 saturated carbocycles. The van der Waals surface area contributed by atoms with Gasteiger partial charge in [-0.25, -0.2) is 4.68 Å². The predicted molar refractivity (Wildman–Crippen MR) is 69.5 cm³/mol. The van der Waals surface area contributed by atoms with Crippen LogP contribution in [0.4, 0.5) is 0 Å². The summed E-state index contributed by atoms with van der Waals surface area (Å²) in [6.45, 7) is 2.68. The number of hydrogen-bond acceptors (Lipinski definition) is 2. The second kappa shape index (κ2) is 5.52. The average molecular weight is 270 g/mol. The molecule has 0 aliphatic carbocycles. The van der Waals surface area contributed by atoms with Crippen LogP contribution >= 0.6 is 23.2 Å². The van der Waals surface area contributed by atoms with Gasteiger partial charge in [-0.15, -0.1) is 16.7 Å². The molecule has 0 radical (unpaired) electrons. The van der Waals surface area contributed by atoms with E-state index in [1.54, 1.807) is 4.68 Å². The normalized spacial score (nSPS) is 12.6. The summed E-state index contributed by atoms with van der Waals surface area (Å²) in [4.78, 5) is 0. The van der Waals surface area contributed by atoms with Gasteiger partial charge in [0, 0.05) is 5.02 Å². The largest absolute Gasteiger partial charge is 0.248 e. The molecule has 1 atom stereocenters. The molecule has 0 spiro atoms. The smallest absolute Gasteiger partial charge is 0.101 e. The van der Waals surface area contributed by atoms with Gasteiger partial charge in [0.15, 0.2) is 0 Å². The van der Waals surface area contributed by atoms with Gasteiger partial charge >= 0.3 is 0 Å². The number of nitrogens with zero attached hydrogens (tertiary/aromatic N) is 3. The fourth-order valence-electron chi connectivity index (χ4n) is 1.57. The van der Waals surface area contributed by atoms with E-state index >= 15 is 0 Å². The van der Waals surface area contributed by atoms with E-state index in [0.717, 1.165) is 22.7 Å². The van der Waals surface area contributed by atoms with Crippen molar-refractivity contribution in [2.24, 2.45) is 0 Å². The van der Waals surface area contributed by atoms with Crippen LogP contribution in [0, 0.1) is 0 Å². The third-order valence-electron chi connectivity index (χ3n) is 2.47. The Morgan fingerprint density at radius 2 is 2.24 bits per heavy atom. The Balaban J connectivity index is 2.11. The Labute approximate surface area is 110 Å². The first-order chi connectivity index (χ1) is 8.19. The van der Waals surface area contributed by atoms with E-state index < -0.39 is 0 Å². The van der Waals surface area contributed by atoms with Crippen molar-refractivity contribution < 1.29 is 0 Å². The van der Waals surface area contributed by atoms with Crippen molar-refractivity contribution in [2.45, 2.75) is 25.3 Å². The molecule has 0 amide bonds. The molecule has 90 valence electrons. The first-order valence-corrected chi connectivity index (χ1v) is 6.29. The molecule has 0 aliphatic rings. The average Bonchev–Trinajstić information content (AvgIpc) is 2.76. The van der Waals surface area contributed by atoms with E-state index in [9.17, 15) is 0 Å². The molecule has 1 aromatic carbocycles. The van der Waals surface area contributed by atoms with Gasteiger partial charge < -0.3 is 0 Å². The first-order valence-electron chi connectivity index (χ1n) is 5.47. The zero-order chi connectivity index (χ0) is 12.3. The number of hydrogen-bond donors (Lipinski definition) is 0. The van der Waals surface area contributed by atoms with Crippen LogP contribution in [0.3, 0.4) is 0 Å². The highest BCUT2D eigenvalue weighted by molar-refractivity contribution is 6.30. The van der Waals surface area contributed by atoms with E-state index in [1.807, 2.05) is 37.4 Å². The van der Waals surface area contributed by atoms with E-state index in [0.29, 0.717) is 6.54 Å². The molecular weight excluding hydrogens is 257 g/mol. The van der Waals surface area contributed by atoms with Gasteiger partial charge in [-0.1, -0.05) is 35.9 Å². The summed E-state index contributed by atoms with van der Waals surface area (Å²) >= 11 is 12.0. The first kappa shape index (κ1) is 12.4. The predicted octanol–water partition coefficient (Wildman–Crippen LogP) is 3.67. The van der Waals surface area contributed by atoms with Crippen LogP contribution < -0.4 is 0 Å². The molecule has 1 aromatic heterocycles. The van der Waals surface area contributed by atoms with E-state index in [-0.39, 0.29) is 5.38 Å². The van der Waals surface area contributed by atoms with Gasteiger partial charge in [0.05, 0.1) is 18.1 Å². The van der Waals surface area contributed by atoms with Gasteiger partial charge in [0.1, 0.15) is 5.69 Å². The zero-order valence-electron chi connectivity index (χ0n) is 9.48. The van der Waals surface area contributed by atoms with Crippen LogP contribution in [-0.2, 0) is 6.54 Å². The van der Waals surface area contributed by atoms with Crippen molar-refractivity contribution in [2.75, 3.05) is 0 Å². The molecule has 3 nitrogen and oxygen atoms in total. The summed E-state index contributed by atoms with van der Waals surface area (Å²) in [5.74, 6) is 0. The Morgan fingerprint density at radius 3 is 2.94 bits per heavy atom. The Morgan fingerprint density at radius 1 is 1.41 bits per heavy atom. The fraction of sp³-hybridized carbons (Fsp3) is 0.333. The standard InChI is InChI=1S/C12H13Cl2N3/c1-2-11(14)12-8-17(16-15-12)7-9-4-3-5-10(13)6-9/h3-6,8,11H,2,7H2,1H3. The number of halogens is 2. The van der Waals surface area contributed by atoms with Gasteiger partial charge in [0.2, 0.25) is 0 Å². The Kier molecular flexibility index (Phi) is 4.02. The lowest BCUT2D eigenvalue weighted by Gasteiger charge is -2.01. The molecule has 2 aromatic rings. The lowest BCUT2D eigenvalue weighted by molar-refractivity contribution is 0.649. The van der Waals surface area contributed by atoms with Crippen molar-refractivity contribution in [1.82, 2.24) is 15.0 Å². The van der Waals surface area contributed by atoms with Crippen molar-refractivity contribution in [3.05, 3.63) is 46.7 Å². The second-order valence-electron chi connectivity index (χ2n) is 3.85. The maximum atomic E-state index is 6.10. The van der Waals surface area contributed by atoms with Gasteiger partial charge in [-0.3, -0.25) is 0 Å². The number of rotatable bonds is 4. The maximum absolute atomic E-state index is 6.10. The number of alkyl halides is 1. The van der Waals surface area contributed by atoms with Crippen LogP contribution in [0.25, 0.3) is 0 Å².